The van der Waals surface area contributed by atoms with Crippen LogP contribution in [0.25, 0.3) is 0 Å². The molecular formula is C15H20IN5. The number of aryl methyl sites for hydroxylation is 1. The molecule has 0 saturated heterocycles. The Bertz CT molecular complexity index is 634. The van der Waals surface area contributed by atoms with Crippen LogP contribution in [0, 0.1) is 6.92 Å². The van der Waals surface area contributed by atoms with E-state index in [4.69, 9.17) is 0 Å². The summed E-state index contributed by atoms with van der Waals surface area (Å²) in [5.41, 5.74) is 4.90. The summed E-state index contributed by atoms with van der Waals surface area (Å²) in [5, 5.41) is 10.4. The SMILES string of the molecule is CN=C(NCc1cn[nH]c1C)N1CCc2ccccc21.I. The van der Waals surface area contributed by atoms with E-state index in [1.807, 2.05) is 20.2 Å². The van der Waals surface area contributed by atoms with E-state index in [2.05, 4.69) is 49.7 Å². The summed E-state index contributed by atoms with van der Waals surface area (Å²) in [6, 6.07) is 8.50. The molecule has 0 spiro atoms. The number of H-pyrrole nitrogens is 1. The number of fused-ring (bicyclic) bond motifs is 1. The van der Waals surface area contributed by atoms with Crippen LogP contribution in [0.1, 0.15) is 16.8 Å². The molecule has 2 heterocycles. The summed E-state index contributed by atoms with van der Waals surface area (Å²) in [6.45, 7) is 3.73. The largest absolute Gasteiger partial charge is 0.352 e. The fourth-order valence-corrected chi connectivity index (χ4v) is 2.58. The van der Waals surface area contributed by atoms with Crippen LogP contribution in [-0.2, 0) is 13.0 Å². The van der Waals surface area contributed by atoms with Crippen molar-refractivity contribution in [1.29, 1.82) is 0 Å². The lowest BCUT2D eigenvalue weighted by atomic mass is 10.2. The summed E-state index contributed by atoms with van der Waals surface area (Å²) in [7, 11) is 1.82. The van der Waals surface area contributed by atoms with E-state index in [-0.39, 0.29) is 24.0 Å². The van der Waals surface area contributed by atoms with Crippen LogP contribution in [0.15, 0.2) is 35.5 Å². The lowest BCUT2D eigenvalue weighted by molar-refractivity contribution is 0.861. The van der Waals surface area contributed by atoms with Crippen LogP contribution in [0.2, 0.25) is 0 Å². The van der Waals surface area contributed by atoms with E-state index in [0.29, 0.717) is 0 Å². The highest BCUT2D eigenvalue weighted by molar-refractivity contribution is 14.0. The molecule has 2 aromatic rings. The van der Waals surface area contributed by atoms with E-state index in [1.165, 1.54) is 16.8 Å². The van der Waals surface area contributed by atoms with Gasteiger partial charge in [-0.15, -0.1) is 24.0 Å². The molecule has 6 heteroatoms. The van der Waals surface area contributed by atoms with Gasteiger partial charge in [-0.1, -0.05) is 18.2 Å². The Morgan fingerprint density at radius 3 is 2.95 bits per heavy atom. The molecule has 0 unspecified atom stereocenters. The van der Waals surface area contributed by atoms with Crippen molar-refractivity contribution >= 4 is 35.6 Å². The maximum Gasteiger partial charge on any atom is 0.198 e. The molecule has 1 aromatic heterocycles. The third-order valence-electron chi connectivity index (χ3n) is 3.73. The topological polar surface area (TPSA) is 56.3 Å². The van der Waals surface area contributed by atoms with E-state index < -0.39 is 0 Å². The monoisotopic (exact) mass is 397 g/mol. The first kappa shape index (κ1) is 15.8. The summed E-state index contributed by atoms with van der Waals surface area (Å²) < 4.78 is 0. The number of aromatic amines is 1. The number of hydrogen-bond acceptors (Lipinski definition) is 2. The number of hydrogen-bond donors (Lipinski definition) is 2. The van der Waals surface area contributed by atoms with Gasteiger partial charge < -0.3 is 10.2 Å². The van der Waals surface area contributed by atoms with E-state index >= 15 is 0 Å². The number of halogens is 1. The molecule has 1 aliphatic heterocycles. The normalized spacial score (nSPS) is 13.8. The molecule has 0 saturated carbocycles. The highest BCUT2D eigenvalue weighted by atomic mass is 127. The van der Waals surface area contributed by atoms with E-state index in [1.54, 1.807) is 0 Å². The lowest BCUT2D eigenvalue weighted by Crippen LogP contribution is -2.40. The van der Waals surface area contributed by atoms with Crippen molar-refractivity contribution in [1.82, 2.24) is 15.5 Å². The van der Waals surface area contributed by atoms with Crippen molar-refractivity contribution in [2.45, 2.75) is 19.9 Å². The Hall–Kier alpha value is -1.57. The summed E-state index contributed by atoms with van der Waals surface area (Å²) in [5.74, 6) is 0.913. The van der Waals surface area contributed by atoms with Crippen molar-refractivity contribution < 1.29 is 0 Å². The first-order chi connectivity index (χ1) is 9.79. The number of benzene rings is 1. The van der Waals surface area contributed by atoms with Crippen molar-refractivity contribution in [3.05, 3.63) is 47.3 Å². The zero-order valence-electron chi connectivity index (χ0n) is 12.3. The van der Waals surface area contributed by atoms with Gasteiger partial charge in [0.05, 0.1) is 6.20 Å². The number of rotatable bonds is 2. The average Bonchev–Trinajstić information content (AvgIpc) is 3.07. The van der Waals surface area contributed by atoms with Crippen LogP contribution >= 0.6 is 24.0 Å². The second-order valence-corrected chi connectivity index (χ2v) is 4.95. The number of nitrogens with zero attached hydrogens (tertiary/aromatic N) is 3. The zero-order valence-corrected chi connectivity index (χ0v) is 14.6. The number of anilines is 1. The molecular weight excluding hydrogens is 377 g/mol. The van der Waals surface area contributed by atoms with Gasteiger partial charge in [0, 0.05) is 37.1 Å². The van der Waals surface area contributed by atoms with Gasteiger partial charge in [0.25, 0.3) is 0 Å². The number of para-hydroxylation sites is 1. The second kappa shape index (κ2) is 6.93. The Labute approximate surface area is 141 Å². The average molecular weight is 397 g/mol. The van der Waals surface area contributed by atoms with Crippen LogP contribution < -0.4 is 10.2 Å². The minimum absolute atomic E-state index is 0. The summed E-state index contributed by atoms with van der Waals surface area (Å²) in [6.07, 6.45) is 2.93. The first-order valence-corrected chi connectivity index (χ1v) is 6.84. The van der Waals surface area contributed by atoms with Gasteiger partial charge in [0.1, 0.15) is 0 Å². The summed E-state index contributed by atoms with van der Waals surface area (Å²) >= 11 is 0. The number of nitrogens with one attached hydrogen (secondary N) is 2. The van der Waals surface area contributed by atoms with Gasteiger partial charge in [-0.25, -0.2) is 0 Å². The predicted octanol–water partition coefficient (Wildman–Crippen LogP) is 2.47. The molecule has 1 aliphatic rings. The molecule has 0 amide bonds. The minimum Gasteiger partial charge on any atom is -0.352 e. The Kier molecular flexibility index (Phi) is 5.22. The molecule has 2 N–H and O–H groups in total. The number of guanidine groups is 1. The van der Waals surface area contributed by atoms with Crippen LogP contribution in [-0.4, -0.2) is 29.7 Å². The summed E-state index contributed by atoms with van der Waals surface area (Å²) in [4.78, 5) is 6.64. The third kappa shape index (κ3) is 3.20. The van der Waals surface area contributed by atoms with Gasteiger partial charge in [-0.2, -0.15) is 5.10 Å². The fourth-order valence-electron chi connectivity index (χ4n) is 2.58. The lowest BCUT2D eigenvalue weighted by Gasteiger charge is -2.22. The molecule has 21 heavy (non-hydrogen) atoms. The molecule has 5 nitrogen and oxygen atoms in total. The Morgan fingerprint density at radius 1 is 1.43 bits per heavy atom. The quantitative estimate of drug-likeness (QED) is 0.465. The first-order valence-electron chi connectivity index (χ1n) is 6.84. The molecule has 0 bridgehead atoms. The van der Waals surface area contributed by atoms with Gasteiger partial charge in [-0.05, 0) is 25.0 Å². The van der Waals surface area contributed by atoms with E-state index in [0.717, 1.165) is 31.2 Å². The van der Waals surface area contributed by atoms with Gasteiger partial charge in [0.15, 0.2) is 5.96 Å². The second-order valence-electron chi connectivity index (χ2n) is 4.95. The maximum absolute atomic E-state index is 4.40. The third-order valence-corrected chi connectivity index (χ3v) is 3.73. The van der Waals surface area contributed by atoms with Gasteiger partial charge in [-0.3, -0.25) is 10.1 Å². The van der Waals surface area contributed by atoms with Crippen molar-refractivity contribution in [2.75, 3.05) is 18.5 Å². The molecule has 0 aliphatic carbocycles. The van der Waals surface area contributed by atoms with Crippen LogP contribution in [0.4, 0.5) is 5.69 Å². The fraction of sp³-hybridized carbons (Fsp3) is 0.333. The number of aliphatic imine (C=N–C) groups is 1. The Balaban J connectivity index is 0.00000161. The molecule has 0 fully saturated rings. The number of aromatic nitrogens is 2. The van der Waals surface area contributed by atoms with Crippen molar-refractivity contribution in [3.63, 3.8) is 0 Å². The maximum atomic E-state index is 4.40. The standard InChI is InChI=1S/C15H19N5.HI/c1-11-13(10-18-19-11)9-17-15(16-2)20-8-7-12-5-3-4-6-14(12)20;/h3-6,10H,7-9H2,1-2H3,(H,16,17)(H,18,19);1H. The smallest absolute Gasteiger partial charge is 0.198 e. The van der Waals surface area contributed by atoms with Crippen molar-refractivity contribution in [3.8, 4) is 0 Å². The van der Waals surface area contributed by atoms with E-state index in [9.17, 15) is 0 Å². The molecule has 1 aromatic carbocycles. The van der Waals surface area contributed by atoms with Crippen molar-refractivity contribution in [2.24, 2.45) is 4.99 Å². The molecule has 3 rings (SSSR count). The van der Waals surface area contributed by atoms with Gasteiger partial charge in [0.2, 0.25) is 0 Å². The Morgan fingerprint density at radius 2 is 2.24 bits per heavy atom. The van der Waals surface area contributed by atoms with Crippen LogP contribution in [0.3, 0.4) is 0 Å². The highest BCUT2D eigenvalue weighted by Crippen LogP contribution is 2.27. The minimum atomic E-state index is 0. The van der Waals surface area contributed by atoms with Gasteiger partial charge >= 0.3 is 0 Å². The van der Waals surface area contributed by atoms with Crippen LogP contribution in [0.5, 0.6) is 0 Å². The zero-order chi connectivity index (χ0) is 13.9. The molecule has 0 radical (unpaired) electrons. The molecule has 112 valence electrons. The predicted molar refractivity (Wildman–Crippen MR) is 96.4 cm³/mol. The highest BCUT2D eigenvalue weighted by Gasteiger charge is 2.22. The molecule has 0 atom stereocenters.